The van der Waals surface area contributed by atoms with Crippen LogP contribution >= 0.6 is 0 Å². The summed E-state index contributed by atoms with van der Waals surface area (Å²) in [7, 11) is 0. The van der Waals surface area contributed by atoms with Gasteiger partial charge in [0.1, 0.15) is 0 Å². The van der Waals surface area contributed by atoms with E-state index in [1.54, 1.807) is 0 Å². The number of rotatable bonds is 0. The molecule has 0 radical (unpaired) electrons. The number of carboxylic acid groups (broad SMARTS) is 1. The smallest absolute Gasteiger partial charge is 0.272 e. The number of carbonyl (C=O) groups is 1. The fraction of sp³-hybridized carbons (Fsp3) is 0.250. The number of aliphatic carboxylic acids is 1. The molecule has 0 atom stereocenters. The molecule has 1 aromatic heterocycles. The van der Waals surface area contributed by atoms with Crippen LogP contribution in [0.1, 0.15) is 12.5 Å². The normalized spacial score (nSPS) is 8.17. The fourth-order valence-corrected chi connectivity index (χ4v) is 0.534. The van der Waals surface area contributed by atoms with Gasteiger partial charge in [0, 0.05) is 11.5 Å². The number of nitrogens with two attached hydrogens (primary N) is 1. The Balaban J connectivity index is 0.000000261. The van der Waals surface area contributed by atoms with Gasteiger partial charge in [-0.1, -0.05) is 0 Å². The number of carboxylic acids is 1. The van der Waals surface area contributed by atoms with Crippen molar-refractivity contribution < 1.29 is 14.9 Å². The second-order valence-corrected chi connectivity index (χ2v) is 2.26. The summed E-state index contributed by atoms with van der Waals surface area (Å²) >= 11 is 0. The quantitative estimate of drug-likeness (QED) is 0.547. The van der Waals surface area contributed by atoms with E-state index in [-0.39, 0.29) is 0 Å². The molecule has 0 fully saturated rings. The van der Waals surface area contributed by atoms with Gasteiger partial charge in [-0.2, -0.15) is 0 Å². The van der Waals surface area contributed by atoms with Crippen LogP contribution in [0.15, 0.2) is 18.3 Å². The van der Waals surface area contributed by atoms with E-state index in [2.05, 4.69) is 4.98 Å². The zero-order valence-electron chi connectivity index (χ0n) is 7.13. The molecule has 4 heteroatoms. The third kappa shape index (κ3) is 5.22. The lowest BCUT2D eigenvalue weighted by Gasteiger charge is -1.86. The van der Waals surface area contributed by atoms with Crippen LogP contribution < -0.4 is 15.8 Å². The average molecular weight is 168 g/mol. The van der Waals surface area contributed by atoms with E-state index in [1.807, 2.05) is 25.3 Å². The van der Waals surface area contributed by atoms with Gasteiger partial charge < -0.3 is 9.90 Å². The highest BCUT2D eigenvalue weighted by atomic mass is 16.4. The average Bonchev–Trinajstić information content (AvgIpc) is 1.94. The van der Waals surface area contributed by atoms with E-state index in [0.29, 0.717) is 0 Å². The zero-order valence-corrected chi connectivity index (χ0v) is 7.13. The first-order valence-electron chi connectivity index (χ1n) is 3.44. The molecular formula is C8H12N2O2. The fourth-order valence-electron chi connectivity index (χ4n) is 0.534. The molecule has 12 heavy (non-hydrogen) atoms. The van der Waals surface area contributed by atoms with Gasteiger partial charge in [-0.05, 0) is 26.0 Å². The van der Waals surface area contributed by atoms with Gasteiger partial charge in [0.25, 0.3) is 5.82 Å². The molecule has 66 valence electrons. The van der Waals surface area contributed by atoms with Gasteiger partial charge in [0.05, 0.1) is 6.20 Å². The molecule has 1 aromatic rings. The molecule has 0 aliphatic carbocycles. The van der Waals surface area contributed by atoms with Crippen LogP contribution in [0.3, 0.4) is 0 Å². The maximum absolute atomic E-state index is 8.89. The second-order valence-electron chi connectivity index (χ2n) is 2.26. The Bertz CT molecular complexity index is 236. The first-order chi connectivity index (χ1) is 5.54. The van der Waals surface area contributed by atoms with E-state index < -0.39 is 5.97 Å². The number of hydrogen-bond donors (Lipinski definition) is 1. The molecule has 0 spiro atoms. The van der Waals surface area contributed by atoms with E-state index in [4.69, 9.17) is 15.6 Å². The lowest BCUT2D eigenvalue weighted by molar-refractivity contribution is -0.360. The maximum atomic E-state index is 8.89. The lowest BCUT2D eigenvalue weighted by atomic mass is 10.3. The SMILES string of the molecule is CC(=O)[O-].Cc1ccc[nH+]c1N. The van der Waals surface area contributed by atoms with Gasteiger partial charge >= 0.3 is 0 Å². The molecule has 3 N–H and O–H groups in total. The Labute approximate surface area is 71.0 Å². The van der Waals surface area contributed by atoms with E-state index in [1.165, 1.54) is 0 Å². The molecule has 0 aliphatic rings. The van der Waals surface area contributed by atoms with Crippen molar-refractivity contribution >= 4 is 11.8 Å². The summed E-state index contributed by atoms with van der Waals surface area (Å²) in [5, 5.41) is 8.89. The molecule has 0 aromatic carbocycles. The number of aromatic nitrogens is 1. The predicted molar refractivity (Wildman–Crippen MR) is 42.8 cm³/mol. The van der Waals surface area contributed by atoms with Crippen molar-refractivity contribution in [1.82, 2.24) is 0 Å². The van der Waals surface area contributed by atoms with Gasteiger partial charge in [0.15, 0.2) is 0 Å². The molecule has 0 amide bonds. The third-order valence-corrected chi connectivity index (χ3v) is 1.11. The highest BCUT2D eigenvalue weighted by Gasteiger charge is 1.92. The molecule has 0 aliphatic heterocycles. The van der Waals surface area contributed by atoms with Gasteiger partial charge in [-0.15, -0.1) is 0 Å². The monoisotopic (exact) mass is 168 g/mol. The van der Waals surface area contributed by atoms with Crippen molar-refractivity contribution in [3.05, 3.63) is 23.9 Å². The van der Waals surface area contributed by atoms with Gasteiger partial charge in [0.2, 0.25) is 0 Å². The minimum absolute atomic E-state index is 0.743. The lowest BCUT2D eigenvalue weighted by Crippen LogP contribution is -2.16. The first kappa shape index (κ1) is 10.4. The Morgan fingerprint density at radius 3 is 2.42 bits per heavy atom. The van der Waals surface area contributed by atoms with Crippen LogP contribution in [0, 0.1) is 6.92 Å². The first-order valence-corrected chi connectivity index (χ1v) is 3.44. The standard InChI is InChI=1S/C6H8N2.C2H4O2/c1-5-3-2-4-8-6(5)7;1-2(3)4/h2-4H,1H3,(H2,7,8);1H3,(H,3,4). The van der Waals surface area contributed by atoms with Gasteiger partial charge in [-0.25, -0.2) is 4.98 Å². The van der Waals surface area contributed by atoms with Crippen LogP contribution in [0.2, 0.25) is 0 Å². The number of hydrogen-bond acceptors (Lipinski definition) is 3. The Morgan fingerprint density at radius 1 is 1.67 bits per heavy atom. The number of carbonyl (C=O) groups excluding carboxylic acids is 1. The van der Waals surface area contributed by atoms with Crippen molar-refractivity contribution in [1.29, 1.82) is 0 Å². The van der Waals surface area contributed by atoms with E-state index in [0.717, 1.165) is 18.3 Å². The van der Waals surface area contributed by atoms with Crippen molar-refractivity contribution in [3.63, 3.8) is 0 Å². The van der Waals surface area contributed by atoms with Gasteiger partial charge in [-0.3, -0.25) is 5.73 Å². The minimum Gasteiger partial charge on any atom is -0.550 e. The summed E-state index contributed by atoms with van der Waals surface area (Å²) in [6, 6.07) is 3.89. The van der Waals surface area contributed by atoms with Crippen LogP contribution in [-0.2, 0) is 4.79 Å². The Kier molecular flexibility index (Phi) is 4.45. The van der Waals surface area contributed by atoms with E-state index >= 15 is 0 Å². The number of nitrogen functional groups attached to an aromatic ring is 1. The summed E-state index contributed by atoms with van der Waals surface area (Å²) in [6.45, 7) is 2.94. The van der Waals surface area contributed by atoms with Crippen molar-refractivity contribution in [2.75, 3.05) is 5.73 Å². The highest BCUT2D eigenvalue weighted by Crippen LogP contribution is 1.97. The maximum Gasteiger partial charge on any atom is 0.272 e. The van der Waals surface area contributed by atoms with Crippen molar-refractivity contribution in [2.24, 2.45) is 0 Å². The third-order valence-electron chi connectivity index (χ3n) is 1.11. The predicted octanol–water partition coefficient (Wildman–Crippen LogP) is -0.852. The molecule has 0 saturated heterocycles. The summed E-state index contributed by atoms with van der Waals surface area (Å²) in [6.07, 6.45) is 1.81. The summed E-state index contributed by atoms with van der Waals surface area (Å²) < 4.78 is 0. The summed E-state index contributed by atoms with van der Waals surface area (Å²) in [4.78, 5) is 11.8. The number of aromatic amines is 1. The van der Waals surface area contributed by atoms with Crippen LogP contribution in [0.25, 0.3) is 0 Å². The zero-order chi connectivity index (χ0) is 9.56. The largest absolute Gasteiger partial charge is 0.550 e. The minimum atomic E-state index is -1.08. The van der Waals surface area contributed by atoms with Crippen molar-refractivity contribution in [3.8, 4) is 0 Å². The molecule has 0 unspecified atom stereocenters. The topological polar surface area (TPSA) is 80.3 Å². The molecular weight excluding hydrogens is 156 g/mol. The molecule has 1 heterocycles. The van der Waals surface area contributed by atoms with E-state index in [9.17, 15) is 0 Å². The molecule has 1 rings (SSSR count). The Morgan fingerprint density at radius 2 is 2.17 bits per heavy atom. The van der Waals surface area contributed by atoms with Crippen molar-refractivity contribution in [2.45, 2.75) is 13.8 Å². The molecule has 0 bridgehead atoms. The number of pyridine rings is 1. The van der Waals surface area contributed by atoms with Crippen LogP contribution in [-0.4, -0.2) is 5.97 Å². The Hall–Kier alpha value is -1.58. The van der Waals surface area contributed by atoms with Crippen LogP contribution in [0.4, 0.5) is 5.82 Å². The second kappa shape index (κ2) is 5.12. The molecule has 0 saturated carbocycles. The molecule has 4 nitrogen and oxygen atoms in total. The highest BCUT2D eigenvalue weighted by molar-refractivity contribution is 5.60. The number of aryl methyl sites for hydroxylation is 1. The summed E-state index contributed by atoms with van der Waals surface area (Å²) in [5.74, 6) is -0.340. The number of H-pyrrole nitrogens is 1. The number of anilines is 1. The van der Waals surface area contributed by atoms with Crippen LogP contribution in [0.5, 0.6) is 0 Å². The summed E-state index contributed by atoms with van der Waals surface area (Å²) in [5.41, 5.74) is 6.55. The number of nitrogens with one attached hydrogen (secondary N) is 1.